The van der Waals surface area contributed by atoms with Crippen LogP contribution in [0.5, 0.6) is 0 Å². The lowest BCUT2D eigenvalue weighted by Gasteiger charge is -2.11. The maximum atomic E-state index is 11.3. The number of hydrogen-bond acceptors (Lipinski definition) is 11. The summed E-state index contributed by atoms with van der Waals surface area (Å²) in [6.45, 7) is 3.19. The van der Waals surface area contributed by atoms with Crippen LogP contribution in [0.3, 0.4) is 0 Å². The highest BCUT2D eigenvalue weighted by molar-refractivity contribution is 5.92. The Balaban J connectivity index is 0. The van der Waals surface area contributed by atoms with Crippen LogP contribution in [0.4, 0.5) is 0 Å². The van der Waals surface area contributed by atoms with Gasteiger partial charge in [0.05, 0.1) is 45.0 Å². The van der Waals surface area contributed by atoms with Crippen molar-refractivity contribution in [1.29, 1.82) is 0 Å². The van der Waals surface area contributed by atoms with Gasteiger partial charge in [-0.25, -0.2) is 0 Å². The van der Waals surface area contributed by atoms with Gasteiger partial charge in [-0.2, -0.15) is 9.59 Å². The number of carboxylic acid groups (broad SMARTS) is 1. The molecule has 0 radical (unpaired) electrons. The molecule has 0 saturated carbocycles. The van der Waals surface area contributed by atoms with Crippen LogP contribution >= 0.6 is 0 Å². The number of esters is 3. The molecule has 2 rings (SSSR count). The molecule has 2 heterocycles. The average molecular weight is 633 g/mol. The Hall–Kier alpha value is -2.66. The highest BCUT2D eigenvalue weighted by Crippen LogP contribution is 2.14. The molecular formula is C32H56O12. The highest BCUT2D eigenvalue weighted by Gasteiger charge is 2.20. The highest BCUT2D eigenvalue weighted by atomic mass is 16.6. The number of cyclic esters (lactones) is 2. The molecule has 2 unspecified atom stereocenters. The molecule has 0 aliphatic carbocycles. The van der Waals surface area contributed by atoms with E-state index in [0.29, 0.717) is 6.42 Å². The topological polar surface area (TPSA) is 194 Å². The maximum absolute atomic E-state index is 11.3. The number of carbonyl (C=O) groups excluding carboxylic acids is 5. The fraction of sp³-hybridized carbons (Fsp3) is 0.844. The van der Waals surface area contributed by atoms with E-state index in [4.69, 9.17) is 24.5 Å². The number of carboxylic acids is 1. The van der Waals surface area contributed by atoms with Crippen LogP contribution < -0.4 is 0 Å². The van der Waals surface area contributed by atoms with E-state index >= 15 is 0 Å². The second-order valence-electron chi connectivity index (χ2n) is 10.9. The van der Waals surface area contributed by atoms with E-state index in [1.165, 1.54) is 89.9 Å². The first-order valence-corrected chi connectivity index (χ1v) is 16.2. The quantitative estimate of drug-likeness (QED) is 0.0588. The predicted molar refractivity (Wildman–Crippen MR) is 160 cm³/mol. The van der Waals surface area contributed by atoms with Crippen molar-refractivity contribution in [3.63, 3.8) is 0 Å². The molecule has 0 amide bonds. The van der Waals surface area contributed by atoms with E-state index in [0.717, 1.165) is 19.4 Å². The summed E-state index contributed by atoms with van der Waals surface area (Å²) in [4.78, 5) is 57.9. The van der Waals surface area contributed by atoms with Gasteiger partial charge in [0, 0.05) is 0 Å². The van der Waals surface area contributed by atoms with Crippen molar-refractivity contribution in [1.82, 2.24) is 0 Å². The standard InChI is InChI=1S/C24H46O5.C4H4O3.C3H6O2.CO2/c1-2-3-4-5-6-7-8-9-10-11-12-13-14-15-16-17-18-22(25)21-29-24(28)20-19-23(26)27;5-3-1-2-4(6)7-3;4-1-3-2-5-3;2-1-3/h22,25H,2-21H2,1H3,(H,26,27);1-2H2;3-4H,1-2H2;. The lowest BCUT2D eigenvalue weighted by Crippen LogP contribution is -2.19. The number of ether oxygens (including phenoxy) is 3. The van der Waals surface area contributed by atoms with Crippen molar-refractivity contribution in [2.24, 2.45) is 0 Å². The molecular weight excluding hydrogens is 576 g/mol. The first-order chi connectivity index (χ1) is 21.2. The van der Waals surface area contributed by atoms with Crippen molar-refractivity contribution in [3.8, 4) is 0 Å². The van der Waals surface area contributed by atoms with Gasteiger partial charge in [0.25, 0.3) is 0 Å². The van der Waals surface area contributed by atoms with Crippen LogP contribution in [0.1, 0.15) is 142 Å². The van der Waals surface area contributed by atoms with Crippen LogP contribution in [0.15, 0.2) is 0 Å². The van der Waals surface area contributed by atoms with Crippen molar-refractivity contribution in [3.05, 3.63) is 0 Å². The summed E-state index contributed by atoms with van der Waals surface area (Å²) in [5.41, 5.74) is 0. The Labute approximate surface area is 262 Å². The summed E-state index contributed by atoms with van der Waals surface area (Å²) in [6.07, 6.45) is 21.7. The van der Waals surface area contributed by atoms with E-state index in [9.17, 15) is 24.3 Å². The zero-order valence-corrected chi connectivity index (χ0v) is 26.6. The average Bonchev–Trinajstić information content (AvgIpc) is 3.77. The number of aliphatic carboxylic acids is 1. The molecule has 44 heavy (non-hydrogen) atoms. The fourth-order valence-corrected chi connectivity index (χ4v) is 4.09. The Bertz CT molecular complexity index is 746. The Morgan fingerprint density at radius 2 is 1.23 bits per heavy atom. The number of aliphatic hydroxyl groups excluding tert-OH is 2. The van der Waals surface area contributed by atoms with Gasteiger partial charge in [-0.05, 0) is 6.42 Å². The fourth-order valence-electron chi connectivity index (χ4n) is 4.09. The van der Waals surface area contributed by atoms with Gasteiger partial charge in [0.15, 0.2) is 0 Å². The Morgan fingerprint density at radius 1 is 0.818 bits per heavy atom. The summed E-state index contributed by atoms with van der Waals surface area (Å²) < 4.78 is 13.6. The van der Waals surface area contributed by atoms with Crippen LogP contribution in [0.25, 0.3) is 0 Å². The number of epoxide rings is 1. The first kappa shape index (κ1) is 43.5. The molecule has 0 spiro atoms. The number of aliphatic hydroxyl groups is 2. The largest absolute Gasteiger partial charge is 0.481 e. The second-order valence-corrected chi connectivity index (χ2v) is 10.9. The molecule has 2 aliphatic heterocycles. The SMILES string of the molecule is CCCCCCCCCCCCCCCCCCC(O)COC(=O)CCC(=O)O.O=C1CCC(=O)O1.O=C=O.OCC1CO1. The smallest absolute Gasteiger partial charge is 0.373 e. The monoisotopic (exact) mass is 632 g/mol. The van der Waals surface area contributed by atoms with Crippen molar-refractivity contribution in [2.45, 2.75) is 154 Å². The van der Waals surface area contributed by atoms with Gasteiger partial charge in [0.1, 0.15) is 12.7 Å². The molecule has 0 aromatic carbocycles. The van der Waals surface area contributed by atoms with Crippen molar-refractivity contribution >= 4 is 30.0 Å². The summed E-state index contributed by atoms with van der Waals surface area (Å²) >= 11 is 0. The molecule has 0 aromatic heterocycles. The predicted octanol–water partition coefficient (Wildman–Crippen LogP) is 5.05. The molecule has 2 atom stereocenters. The zero-order valence-electron chi connectivity index (χ0n) is 26.6. The molecule has 12 nitrogen and oxygen atoms in total. The molecule has 12 heteroatoms. The van der Waals surface area contributed by atoms with Gasteiger partial charge in [-0.1, -0.05) is 110 Å². The van der Waals surface area contributed by atoms with Crippen LogP contribution in [0, 0.1) is 0 Å². The van der Waals surface area contributed by atoms with E-state index in [1.54, 1.807) is 0 Å². The number of hydrogen-bond donors (Lipinski definition) is 3. The van der Waals surface area contributed by atoms with Gasteiger partial charge < -0.3 is 29.5 Å². The van der Waals surface area contributed by atoms with Gasteiger partial charge in [-0.3, -0.25) is 19.2 Å². The summed E-state index contributed by atoms with van der Waals surface area (Å²) in [6, 6.07) is 0. The molecule has 2 aliphatic rings. The third kappa shape index (κ3) is 37.4. The third-order valence-corrected chi connectivity index (χ3v) is 6.74. The second kappa shape index (κ2) is 33.2. The maximum Gasteiger partial charge on any atom is 0.373 e. The molecule has 0 bridgehead atoms. The molecule has 0 aromatic rings. The number of carbonyl (C=O) groups is 4. The van der Waals surface area contributed by atoms with Gasteiger partial charge >= 0.3 is 30.0 Å². The summed E-state index contributed by atoms with van der Waals surface area (Å²) in [5.74, 6) is -2.37. The van der Waals surface area contributed by atoms with E-state index in [2.05, 4.69) is 16.4 Å². The van der Waals surface area contributed by atoms with E-state index in [1.807, 2.05) is 0 Å². The van der Waals surface area contributed by atoms with Crippen molar-refractivity contribution < 1.29 is 58.3 Å². The van der Waals surface area contributed by atoms with Gasteiger partial charge in [0.2, 0.25) is 0 Å². The summed E-state index contributed by atoms with van der Waals surface area (Å²) in [7, 11) is 0. The molecule has 2 fully saturated rings. The van der Waals surface area contributed by atoms with E-state index < -0.39 is 30.0 Å². The Kier molecular flexibility index (Phi) is 32.8. The lowest BCUT2D eigenvalue weighted by atomic mass is 10.0. The van der Waals surface area contributed by atoms with E-state index in [-0.39, 0.29) is 51.2 Å². The molecule has 256 valence electrons. The zero-order chi connectivity index (χ0) is 33.3. The first-order valence-electron chi connectivity index (χ1n) is 16.2. The third-order valence-electron chi connectivity index (χ3n) is 6.74. The molecule has 3 N–H and O–H groups in total. The molecule has 2 saturated heterocycles. The van der Waals surface area contributed by atoms with Crippen LogP contribution in [-0.2, 0) is 43.0 Å². The van der Waals surface area contributed by atoms with Crippen molar-refractivity contribution in [2.75, 3.05) is 19.8 Å². The Morgan fingerprint density at radius 3 is 1.52 bits per heavy atom. The minimum atomic E-state index is -1.02. The minimum absolute atomic E-state index is 0.0306. The lowest BCUT2D eigenvalue weighted by molar-refractivity contribution is -0.191. The van der Waals surface area contributed by atoms with Gasteiger partial charge in [-0.15, -0.1) is 0 Å². The number of unbranched alkanes of at least 4 members (excludes halogenated alkanes) is 15. The summed E-state index contributed by atoms with van der Waals surface area (Å²) in [5, 5.41) is 26.4. The minimum Gasteiger partial charge on any atom is -0.481 e. The van der Waals surface area contributed by atoms with Crippen LogP contribution in [0.2, 0.25) is 0 Å². The number of rotatable bonds is 23. The normalized spacial score (nSPS) is 15.2. The van der Waals surface area contributed by atoms with Crippen LogP contribution in [-0.4, -0.2) is 77.4 Å².